The first-order chi connectivity index (χ1) is 13.7. The van der Waals surface area contributed by atoms with Crippen molar-refractivity contribution in [2.75, 3.05) is 11.9 Å². The predicted molar refractivity (Wildman–Crippen MR) is 107 cm³/mol. The molecule has 1 aromatic carbocycles. The van der Waals surface area contributed by atoms with E-state index in [0.29, 0.717) is 19.6 Å². The fraction of sp³-hybridized carbons (Fsp3) is 0.476. The lowest BCUT2D eigenvalue weighted by atomic mass is 9.85. The number of imidazole rings is 1. The summed E-state index contributed by atoms with van der Waals surface area (Å²) in [4.78, 5) is 31.4. The average molecular weight is 381 g/mol. The number of fused-ring (bicyclic) bond motifs is 1. The number of urea groups is 1. The fourth-order valence-corrected chi connectivity index (χ4v) is 3.86. The van der Waals surface area contributed by atoms with Crippen molar-refractivity contribution in [1.82, 2.24) is 19.8 Å². The molecule has 2 heterocycles. The number of amides is 3. The average Bonchev–Trinajstić information content (AvgIpc) is 3.02. The van der Waals surface area contributed by atoms with Gasteiger partial charge in [-0.3, -0.25) is 4.79 Å². The number of hydrogen-bond acceptors (Lipinski definition) is 3. The highest BCUT2D eigenvalue weighted by Gasteiger charge is 2.28. The van der Waals surface area contributed by atoms with E-state index in [1.807, 2.05) is 35.2 Å². The van der Waals surface area contributed by atoms with Crippen molar-refractivity contribution in [2.24, 2.45) is 5.92 Å². The minimum absolute atomic E-state index is 0.0967. The van der Waals surface area contributed by atoms with Crippen LogP contribution in [0.4, 0.5) is 10.5 Å². The monoisotopic (exact) mass is 381 g/mol. The number of benzene rings is 1. The lowest BCUT2D eigenvalue weighted by molar-refractivity contribution is -0.127. The summed E-state index contributed by atoms with van der Waals surface area (Å²) in [6, 6.07) is 9.40. The molecule has 0 saturated heterocycles. The first-order valence-corrected chi connectivity index (χ1v) is 10.1. The third kappa shape index (κ3) is 3.74. The van der Waals surface area contributed by atoms with Crippen molar-refractivity contribution in [3.8, 4) is 0 Å². The number of hydrogen-bond donors (Lipinski definition) is 2. The van der Waals surface area contributed by atoms with E-state index in [9.17, 15) is 9.59 Å². The summed E-state index contributed by atoms with van der Waals surface area (Å²) in [6.45, 7) is 4.46. The normalized spacial score (nSPS) is 16.2. The van der Waals surface area contributed by atoms with E-state index < -0.39 is 0 Å². The number of nitrogens with zero attached hydrogens (tertiary/aromatic N) is 3. The van der Waals surface area contributed by atoms with E-state index in [0.717, 1.165) is 55.1 Å². The van der Waals surface area contributed by atoms with Gasteiger partial charge in [0.15, 0.2) is 0 Å². The molecule has 0 atom stereocenters. The van der Waals surface area contributed by atoms with Crippen LogP contribution in [0, 0.1) is 5.92 Å². The van der Waals surface area contributed by atoms with E-state index in [1.165, 1.54) is 0 Å². The van der Waals surface area contributed by atoms with Gasteiger partial charge in [-0.25, -0.2) is 9.78 Å². The number of nitrogens with one attached hydrogen (secondary N) is 2. The molecule has 148 valence electrons. The van der Waals surface area contributed by atoms with Crippen molar-refractivity contribution in [1.29, 1.82) is 0 Å². The van der Waals surface area contributed by atoms with E-state index in [4.69, 9.17) is 4.98 Å². The third-order valence-corrected chi connectivity index (χ3v) is 5.72. The Bertz CT molecular complexity index is 857. The molecule has 1 aromatic heterocycles. The Labute approximate surface area is 165 Å². The van der Waals surface area contributed by atoms with E-state index in [-0.39, 0.29) is 17.9 Å². The standard InChI is InChI=1S/C21H27N5O2/c1-2-26-18-14-25(21(28)23-16-9-4-3-5-10-16)12-11-17(18)24-19(26)13-22-20(27)15-7-6-8-15/h3-5,9-10,15H,2,6-8,11-14H2,1H3,(H,22,27)(H,23,28). The SMILES string of the molecule is CCn1c(CNC(=O)C2CCC2)nc2c1CN(C(=O)Nc1ccccc1)CC2. The second kappa shape index (κ2) is 8.04. The lowest BCUT2D eigenvalue weighted by Gasteiger charge is -2.27. The summed E-state index contributed by atoms with van der Waals surface area (Å²) >= 11 is 0. The molecule has 0 radical (unpaired) electrons. The molecule has 2 N–H and O–H groups in total. The zero-order valence-corrected chi connectivity index (χ0v) is 16.3. The minimum atomic E-state index is -0.0967. The summed E-state index contributed by atoms with van der Waals surface area (Å²) < 4.78 is 2.14. The Morgan fingerprint density at radius 2 is 2.00 bits per heavy atom. The van der Waals surface area contributed by atoms with Crippen molar-refractivity contribution in [3.63, 3.8) is 0 Å². The van der Waals surface area contributed by atoms with E-state index in [1.54, 1.807) is 0 Å². The molecule has 2 aromatic rings. The van der Waals surface area contributed by atoms with Crippen molar-refractivity contribution in [3.05, 3.63) is 47.5 Å². The second-order valence-electron chi connectivity index (χ2n) is 7.48. The highest BCUT2D eigenvalue weighted by Crippen LogP contribution is 2.26. The molecule has 3 amide bonds. The van der Waals surface area contributed by atoms with Gasteiger partial charge in [0.1, 0.15) is 5.82 Å². The molecule has 1 aliphatic carbocycles. The maximum atomic E-state index is 12.6. The number of anilines is 1. The van der Waals surface area contributed by atoms with Crippen LogP contribution in [-0.4, -0.2) is 32.9 Å². The molecular weight excluding hydrogens is 354 g/mol. The molecule has 28 heavy (non-hydrogen) atoms. The van der Waals surface area contributed by atoms with E-state index in [2.05, 4.69) is 22.1 Å². The molecule has 2 aliphatic rings. The lowest BCUT2D eigenvalue weighted by Crippen LogP contribution is -2.39. The first-order valence-electron chi connectivity index (χ1n) is 10.1. The summed E-state index contributed by atoms with van der Waals surface area (Å²) in [5.74, 6) is 1.20. The quantitative estimate of drug-likeness (QED) is 0.836. The summed E-state index contributed by atoms with van der Waals surface area (Å²) in [6.07, 6.45) is 3.87. The van der Waals surface area contributed by atoms with Gasteiger partial charge in [-0.1, -0.05) is 24.6 Å². The smallest absolute Gasteiger partial charge is 0.322 e. The minimum Gasteiger partial charge on any atom is -0.349 e. The van der Waals surface area contributed by atoms with Gasteiger partial charge in [-0.05, 0) is 31.9 Å². The predicted octanol–water partition coefficient (Wildman–Crippen LogP) is 2.91. The molecule has 0 unspecified atom stereocenters. The number of aromatic nitrogens is 2. The van der Waals surface area contributed by atoms with Gasteiger partial charge >= 0.3 is 6.03 Å². The zero-order valence-electron chi connectivity index (χ0n) is 16.3. The van der Waals surface area contributed by atoms with Gasteiger partial charge in [0.25, 0.3) is 0 Å². The molecule has 1 aliphatic heterocycles. The highest BCUT2D eigenvalue weighted by molar-refractivity contribution is 5.89. The van der Waals surface area contributed by atoms with Gasteiger partial charge < -0.3 is 20.1 Å². The third-order valence-electron chi connectivity index (χ3n) is 5.72. The Morgan fingerprint density at radius 3 is 2.68 bits per heavy atom. The van der Waals surface area contributed by atoms with Gasteiger partial charge in [-0.15, -0.1) is 0 Å². The van der Waals surface area contributed by atoms with Crippen LogP contribution in [-0.2, 0) is 30.8 Å². The van der Waals surface area contributed by atoms with Crippen LogP contribution in [0.15, 0.2) is 30.3 Å². The summed E-state index contributed by atoms with van der Waals surface area (Å²) in [5, 5.41) is 5.99. The highest BCUT2D eigenvalue weighted by atomic mass is 16.2. The molecule has 7 heteroatoms. The second-order valence-corrected chi connectivity index (χ2v) is 7.48. The Hall–Kier alpha value is -2.83. The van der Waals surface area contributed by atoms with Crippen LogP contribution < -0.4 is 10.6 Å². The number of carbonyl (C=O) groups is 2. The largest absolute Gasteiger partial charge is 0.349 e. The van der Waals surface area contributed by atoms with Crippen molar-refractivity contribution >= 4 is 17.6 Å². The Morgan fingerprint density at radius 1 is 1.21 bits per heavy atom. The molecule has 7 nitrogen and oxygen atoms in total. The molecular formula is C21H27N5O2. The maximum absolute atomic E-state index is 12.6. The molecule has 0 spiro atoms. The number of carbonyl (C=O) groups excluding carboxylic acids is 2. The molecule has 1 saturated carbocycles. The molecule has 4 rings (SSSR count). The van der Waals surface area contributed by atoms with E-state index >= 15 is 0 Å². The Kier molecular flexibility index (Phi) is 5.32. The molecule has 0 bridgehead atoms. The van der Waals surface area contributed by atoms with Crippen LogP contribution in [0.3, 0.4) is 0 Å². The Balaban J connectivity index is 1.43. The van der Waals surface area contributed by atoms with Gasteiger partial charge in [-0.2, -0.15) is 0 Å². The summed E-state index contributed by atoms with van der Waals surface area (Å²) in [7, 11) is 0. The zero-order chi connectivity index (χ0) is 19.5. The van der Waals surface area contributed by atoms with Crippen molar-refractivity contribution in [2.45, 2.75) is 52.2 Å². The number of para-hydroxylation sites is 1. The van der Waals surface area contributed by atoms with Gasteiger partial charge in [0.2, 0.25) is 5.91 Å². The van der Waals surface area contributed by atoms with Crippen LogP contribution in [0.1, 0.15) is 43.4 Å². The fourth-order valence-electron chi connectivity index (χ4n) is 3.86. The van der Waals surface area contributed by atoms with Crippen LogP contribution in [0.2, 0.25) is 0 Å². The van der Waals surface area contributed by atoms with Crippen molar-refractivity contribution < 1.29 is 9.59 Å². The van der Waals surface area contributed by atoms with Gasteiger partial charge in [0, 0.05) is 31.1 Å². The first kappa shape index (κ1) is 18.5. The van der Waals surface area contributed by atoms with Crippen LogP contribution >= 0.6 is 0 Å². The van der Waals surface area contributed by atoms with Crippen LogP contribution in [0.25, 0.3) is 0 Å². The van der Waals surface area contributed by atoms with Crippen LogP contribution in [0.5, 0.6) is 0 Å². The number of rotatable bonds is 5. The topological polar surface area (TPSA) is 79.3 Å². The van der Waals surface area contributed by atoms with Gasteiger partial charge in [0.05, 0.1) is 24.5 Å². The maximum Gasteiger partial charge on any atom is 0.322 e. The summed E-state index contributed by atoms with van der Waals surface area (Å²) in [5.41, 5.74) is 2.91. The molecule has 1 fully saturated rings.